The summed E-state index contributed by atoms with van der Waals surface area (Å²) in [5.41, 5.74) is 0. The number of carbonyl (C=O) groups excluding carboxylic acids is 1. The van der Waals surface area contributed by atoms with Crippen molar-refractivity contribution in [3.8, 4) is 0 Å². The second kappa shape index (κ2) is 4.07. The van der Waals surface area contributed by atoms with E-state index in [2.05, 4.69) is 0 Å². The third-order valence-electron chi connectivity index (χ3n) is 1.81. The Bertz CT molecular complexity index is 229. The Morgan fingerprint density at radius 3 is 2.83 bits per heavy atom. The molecule has 1 unspecified atom stereocenters. The lowest BCUT2D eigenvalue weighted by Crippen LogP contribution is -2.19. The molecule has 0 aliphatic heterocycles. The van der Waals surface area contributed by atoms with E-state index in [4.69, 9.17) is 4.42 Å². The number of aldehydes is 1. The highest BCUT2D eigenvalue weighted by atomic mass is 16.3. The van der Waals surface area contributed by atoms with E-state index in [9.17, 15) is 4.79 Å². The highest BCUT2D eigenvalue weighted by molar-refractivity contribution is 5.50. The van der Waals surface area contributed by atoms with Crippen molar-refractivity contribution < 1.29 is 9.21 Å². The largest absolute Gasteiger partial charge is 0.468 e. The standard InChI is InChI=1S/C9H13NO2/c1-10(2)8(5-6-11)9-4-3-7-12-9/h3-4,6-8H,5H2,1-2H3. The number of hydrogen-bond acceptors (Lipinski definition) is 3. The van der Waals surface area contributed by atoms with Crippen LogP contribution in [0, 0.1) is 0 Å². The van der Waals surface area contributed by atoms with E-state index in [1.165, 1.54) is 0 Å². The Kier molecular flexibility index (Phi) is 3.05. The molecule has 3 heteroatoms. The lowest BCUT2D eigenvalue weighted by atomic mass is 10.1. The maximum atomic E-state index is 10.3. The molecule has 1 aromatic heterocycles. The van der Waals surface area contributed by atoms with Crippen molar-refractivity contribution >= 4 is 6.29 Å². The molecule has 1 aromatic rings. The molecule has 0 spiro atoms. The fourth-order valence-electron chi connectivity index (χ4n) is 1.15. The highest BCUT2D eigenvalue weighted by Gasteiger charge is 2.15. The van der Waals surface area contributed by atoms with Gasteiger partial charge in [0, 0.05) is 6.42 Å². The number of furan rings is 1. The molecule has 0 aliphatic carbocycles. The molecular weight excluding hydrogens is 154 g/mol. The van der Waals surface area contributed by atoms with Crippen LogP contribution in [0.4, 0.5) is 0 Å². The van der Waals surface area contributed by atoms with Gasteiger partial charge in [-0.2, -0.15) is 0 Å². The van der Waals surface area contributed by atoms with Crippen LogP contribution in [0.2, 0.25) is 0 Å². The molecule has 0 amide bonds. The first-order chi connectivity index (χ1) is 5.75. The molecule has 66 valence electrons. The topological polar surface area (TPSA) is 33.5 Å². The molecule has 0 saturated heterocycles. The summed E-state index contributed by atoms with van der Waals surface area (Å²) in [6.07, 6.45) is 3.00. The molecule has 1 atom stereocenters. The normalized spacial score (nSPS) is 13.2. The Morgan fingerprint density at radius 1 is 1.67 bits per heavy atom. The smallest absolute Gasteiger partial charge is 0.122 e. The Balaban J connectivity index is 2.73. The van der Waals surface area contributed by atoms with Crippen LogP contribution in [0.3, 0.4) is 0 Å². The van der Waals surface area contributed by atoms with Crippen molar-refractivity contribution in [2.24, 2.45) is 0 Å². The summed E-state index contributed by atoms with van der Waals surface area (Å²) in [5.74, 6) is 0.840. The minimum absolute atomic E-state index is 0.0671. The van der Waals surface area contributed by atoms with Crippen LogP contribution < -0.4 is 0 Å². The van der Waals surface area contributed by atoms with Gasteiger partial charge < -0.3 is 9.21 Å². The van der Waals surface area contributed by atoms with E-state index < -0.39 is 0 Å². The van der Waals surface area contributed by atoms with E-state index in [1.54, 1.807) is 6.26 Å². The van der Waals surface area contributed by atoms with Gasteiger partial charge in [-0.15, -0.1) is 0 Å². The number of carbonyl (C=O) groups is 1. The van der Waals surface area contributed by atoms with Crippen molar-refractivity contribution in [2.75, 3.05) is 14.1 Å². The van der Waals surface area contributed by atoms with Crippen LogP contribution in [0.15, 0.2) is 22.8 Å². The van der Waals surface area contributed by atoms with Crippen molar-refractivity contribution in [3.05, 3.63) is 24.2 Å². The SMILES string of the molecule is CN(C)C(CC=O)c1ccco1. The molecule has 0 aromatic carbocycles. The van der Waals surface area contributed by atoms with Gasteiger partial charge in [-0.1, -0.05) is 0 Å². The van der Waals surface area contributed by atoms with Gasteiger partial charge in [-0.05, 0) is 26.2 Å². The fraction of sp³-hybridized carbons (Fsp3) is 0.444. The predicted octanol–water partition coefficient (Wildman–Crippen LogP) is 1.47. The van der Waals surface area contributed by atoms with Gasteiger partial charge in [0.05, 0.1) is 12.3 Å². The molecule has 12 heavy (non-hydrogen) atoms. The van der Waals surface area contributed by atoms with Crippen LogP contribution in [0.1, 0.15) is 18.2 Å². The summed E-state index contributed by atoms with van der Waals surface area (Å²) in [7, 11) is 3.85. The van der Waals surface area contributed by atoms with Gasteiger partial charge in [-0.3, -0.25) is 4.90 Å². The van der Waals surface area contributed by atoms with Crippen molar-refractivity contribution in [1.29, 1.82) is 0 Å². The van der Waals surface area contributed by atoms with Crippen LogP contribution in [0.5, 0.6) is 0 Å². The van der Waals surface area contributed by atoms with Gasteiger partial charge in [0.25, 0.3) is 0 Å². The van der Waals surface area contributed by atoms with Crippen molar-refractivity contribution in [1.82, 2.24) is 4.90 Å². The monoisotopic (exact) mass is 167 g/mol. The third kappa shape index (κ3) is 1.95. The van der Waals surface area contributed by atoms with Gasteiger partial charge in [-0.25, -0.2) is 0 Å². The van der Waals surface area contributed by atoms with E-state index in [1.807, 2.05) is 31.1 Å². The minimum Gasteiger partial charge on any atom is -0.468 e. The summed E-state index contributed by atoms with van der Waals surface area (Å²) in [4.78, 5) is 12.3. The summed E-state index contributed by atoms with van der Waals surface area (Å²) in [5, 5.41) is 0. The third-order valence-corrected chi connectivity index (χ3v) is 1.81. The van der Waals surface area contributed by atoms with E-state index in [0.717, 1.165) is 12.0 Å². The van der Waals surface area contributed by atoms with Gasteiger partial charge in [0.1, 0.15) is 12.0 Å². The molecule has 0 saturated carbocycles. The Morgan fingerprint density at radius 2 is 2.42 bits per heavy atom. The van der Waals surface area contributed by atoms with Crippen LogP contribution in [0.25, 0.3) is 0 Å². The molecular formula is C9H13NO2. The average molecular weight is 167 g/mol. The second-order valence-electron chi connectivity index (χ2n) is 2.90. The first-order valence-corrected chi connectivity index (χ1v) is 3.89. The summed E-state index contributed by atoms with van der Waals surface area (Å²) in [6.45, 7) is 0. The van der Waals surface area contributed by atoms with Crippen LogP contribution in [-0.4, -0.2) is 25.3 Å². The lowest BCUT2D eigenvalue weighted by Gasteiger charge is -2.19. The summed E-state index contributed by atoms with van der Waals surface area (Å²) < 4.78 is 5.21. The molecule has 0 radical (unpaired) electrons. The fourth-order valence-corrected chi connectivity index (χ4v) is 1.15. The van der Waals surface area contributed by atoms with Gasteiger partial charge >= 0.3 is 0 Å². The molecule has 0 bridgehead atoms. The molecule has 0 N–H and O–H groups in total. The summed E-state index contributed by atoms with van der Waals surface area (Å²) in [6, 6.07) is 3.78. The van der Waals surface area contributed by atoms with E-state index in [-0.39, 0.29) is 6.04 Å². The molecule has 1 rings (SSSR count). The molecule has 0 fully saturated rings. The maximum absolute atomic E-state index is 10.3. The van der Waals surface area contributed by atoms with Gasteiger partial charge in [0.2, 0.25) is 0 Å². The minimum atomic E-state index is 0.0671. The van der Waals surface area contributed by atoms with Crippen LogP contribution in [-0.2, 0) is 4.79 Å². The van der Waals surface area contributed by atoms with E-state index >= 15 is 0 Å². The average Bonchev–Trinajstić information content (AvgIpc) is 2.51. The van der Waals surface area contributed by atoms with Crippen LogP contribution >= 0.6 is 0 Å². The highest BCUT2D eigenvalue weighted by Crippen LogP contribution is 2.20. The van der Waals surface area contributed by atoms with Crippen molar-refractivity contribution in [2.45, 2.75) is 12.5 Å². The quantitative estimate of drug-likeness (QED) is 0.637. The first-order valence-electron chi connectivity index (χ1n) is 3.89. The zero-order valence-electron chi connectivity index (χ0n) is 7.36. The molecule has 3 nitrogen and oxygen atoms in total. The number of rotatable bonds is 4. The number of hydrogen-bond donors (Lipinski definition) is 0. The maximum Gasteiger partial charge on any atom is 0.122 e. The zero-order valence-corrected chi connectivity index (χ0v) is 7.36. The lowest BCUT2D eigenvalue weighted by molar-refractivity contribution is -0.108. The molecule has 1 heterocycles. The summed E-state index contributed by atoms with van der Waals surface area (Å²) >= 11 is 0. The Labute approximate surface area is 72.0 Å². The predicted molar refractivity (Wildman–Crippen MR) is 45.8 cm³/mol. The molecule has 0 aliphatic rings. The Hall–Kier alpha value is -1.09. The first kappa shape index (κ1) is 9.00. The second-order valence-corrected chi connectivity index (χ2v) is 2.90. The van der Waals surface area contributed by atoms with Gasteiger partial charge in [0.15, 0.2) is 0 Å². The zero-order chi connectivity index (χ0) is 8.97. The number of nitrogens with zero attached hydrogens (tertiary/aromatic N) is 1. The van der Waals surface area contributed by atoms with Crippen molar-refractivity contribution in [3.63, 3.8) is 0 Å². The van der Waals surface area contributed by atoms with E-state index in [0.29, 0.717) is 6.42 Å².